The van der Waals surface area contributed by atoms with Gasteiger partial charge in [-0.05, 0) is 64.4 Å². The van der Waals surface area contributed by atoms with Crippen molar-refractivity contribution in [3.8, 4) is 16.9 Å². The number of rotatable bonds is 3. The molecule has 1 N–H and O–H groups in total. The Morgan fingerprint density at radius 1 is 0.633 bits per heavy atom. The molecule has 49 heavy (non-hydrogen) atoms. The molecule has 0 bridgehead atoms. The summed E-state index contributed by atoms with van der Waals surface area (Å²) >= 11 is 1.81. The summed E-state index contributed by atoms with van der Waals surface area (Å²) in [4.78, 5) is 5.55. The van der Waals surface area contributed by atoms with Gasteiger partial charge in [0.1, 0.15) is 16.9 Å². The number of fused-ring (bicyclic) bond motifs is 10. The standard InChI is InChI=1S/C44H29N3OS/c1-2-10-26(11-3-1)42-41-33-20-18-30(29-19-21-39-35(23-29)32-15-7-9-17-38(32)48-39)25-40(33)49-43(41)46-44(45-42)47-36-16-8-6-14-31(36)34-22-27-12-4-5-13-28(27)24-37(34)47/h1-25,32,38,44,46H. The summed E-state index contributed by atoms with van der Waals surface area (Å²) in [6.07, 6.45) is 8.38. The maximum Gasteiger partial charge on any atom is 0.202 e. The monoisotopic (exact) mass is 647 g/mol. The highest BCUT2D eigenvalue weighted by Crippen LogP contribution is 2.46. The number of hydrogen-bond donors (Lipinski definition) is 1. The van der Waals surface area contributed by atoms with Crippen LogP contribution in [-0.2, 0) is 0 Å². The number of ether oxygens (including phenoxy) is 1. The fourth-order valence-electron chi connectivity index (χ4n) is 8.06. The van der Waals surface area contributed by atoms with E-state index in [1.54, 1.807) is 0 Å². The molecule has 1 aliphatic carbocycles. The van der Waals surface area contributed by atoms with Crippen molar-refractivity contribution in [3.05, 3.63) is 168 Å². The molecule has 4 nitrogen and oxygen atoms in total. The number of benzene rings is 6. The summed E-state index contributed by atoms with van der Waals surface area (Å²) in [6.45, 7) is 0. The Balaban J connectivity index is 1.08. The number of aliphatic imine (C=N–C) groups is 1. The second-order valence-corrected chi connectivity index (χ2v) is 14.2. The van der Waals surface area contributed by atoms with E-state index in [-0.39, 0.29) is 18.3 Å². The molecular weight excluding hydrogens is 619 g/mol. The van der Waals surface area contributed by atoms with Gasteiger partial charge < -0.3 is 14.6 Å². The Bertz CT molecular complexity index is 2750. The molecule has 5 heteroatoms. The van der Waals surface area contributed by atoms with E-state index in [1.165, 1.54) is 64.9 Å². The van der Waals surface area contributed by atoms with Gasteiger partial charge in [-0.3, -0.25) is 0 Å². The zero-order valence-electron chi connectivity index (χ0n) is 26.4. The van der Waals surface area contributed by atoms with Gasteiger partial charge in [0, 0.05) is 43.5 Å². The number of aromatic nitrogens is 1. The summed E-state index contributed by atoms with van der Waals surface area (Å²) in [5.41, 5.74) is 9.32. The zero-order chi connectivity index (χ0) is 32.1. The minimum atomic E-state index is -0.318. The van der Waals surface area contributed by atoms with Gasteiger partial charge in [0.15, 0.2) is 0 Å². The van der Waals surface area contributed by atoms with Crippen molar-refractivity contribution >= 4 is 64.7 Å². The molecule has 3 unspecified atom stereocenters. The summed E-state index contributed by atoms with van der Waals surface area (Å²) < 4.78 is 9.86. The predicted molar refractivity (Wildman–Crippen MR) is 204 cm³/mol. The second kappa shape index (κ2) is 10.3. The van der Waals surface area contributed by atoms with Gasteiger partial charge in [0.05, 0.1) is 16.7 Å². The molecule has 0 amide bonds. The Morgan fingerprint density at radius 3 is 2.33 bits per heavy atom. The minimum absolute atomic E-state index is 0.0877. The first-order valence-corrected chi connectivity index (χ1v) is 17.6. The van der Waals surface area contributed by atoms with Crippen molar-refractivity contribution in [2.45, 2.75) is 18.3 Å². The van der Waals surface area contributed by atoms with Gasteiger partial charge in [-0.2, -0.15) is 0 Å². The third kappa shape index (κ3) is 4.06. The molecule has 2 aliphatic heterocycles. The lowest BCUT2D eigenvalue weighted by atomic mass is 9.90. The highest BCUT2D eigenvalue weighted by molar-refractivity contribution is 7.23. The Labute approximate surface area is 286 Å². The van der Waals surface area contributed by atoms with Crippen molar-refractivity contribution in [3.63, 3.8) is 0 Å². The largest absolute Gasteiger partial charge is 0.485 e. The molecule has 4 heterocycles. The molecule has 0 spiro atoms. The Morgan fingerprint density at radius 2 is 1.41 bits per heavy atom. The average Bonchev–Trinajstić information content (AvgIpc) is 3.82. The van der Waals surface area contributed by atoms with Crippen LogP contribution in [0.4, 0.5) is 5.00 Å². The number of para-hydroxylation sites is 1. The van der Waals surface area contributed by atoms with Gasteiger partial charge in [0.2, 0.25) is 6.29 Å². The molecule has 8 aromatic rings. The Hall–Kier alpha value is -5.91. The van der Waals surface area contributed by atoms with Gasteiger partial charge >= 0.3 is 0 Å². The number of nitrogens with zero attached hydrogens (tertiary/aromatic N) is 2. The quantitative estimate of drug-likeness (QED) is 0.207. The van der Waals surface area contributed by atoms with Gasteiger partial charge in [-0.25, -0.2) is 4.99 Å². The predicted octanol–water partition coefficient (Wildman–Crippen LogP) is 11.2. The highest BCUT2D eigenvalue weighted by Gasteiger charge is 2.33. The van der Waals surface area contributed by atoms with Crippen LogP contribution in [0.3, 0.4) is 0 Å². The van der Waals surface area contributed by atoms with Gasteiger partial charge in [-0.1, -0.05) is 109 Å². The fraction of sp³-hybridized carbons (Fsp3) is 0.0682. The molecule has 0 saturated carbocycles. The second-order valence-electron chi connectivity index (χ2n) is 13.1. The first-order chi connectivity index (χ1) is 24.3. The molecule has 232 valence electrons. The van der Waals surface area contributed by atoms with Gasteiger partial charge in [-0.15, -0.1) is 11.3 Å². The molecule has 0 saturated heterocycles. The van der Waals surface area contributed by atoms with Crippen LogP contribution in [0, 0.1) is 0 Å². The van der Waals surface area contributed by atoms with Crippen molar-refractivity contribution < 1.29 is 4.74 Å². The first kappa shape index (κ1) is 27.1. The maximum absolute atomic E-state index is 6.24. The first-order valence-electron chi connectivity index (χ1n) is 16.8. The number of nitrogens with one attached hydrogen (secondary N) is 1. The van der Waals surface area contributed by atoms with Crippen LogP contribution in [0.15, 0.2) is 157 Å². The van der Waals surface area contributed by atoms with Crippen LogP contribution >= 0.6 is 11.3 Å². The van der Waals surface area contributed by atoms with E-state index >= 15 is 0 Å². The highest BCUT2D eigenvalue weighted by atomic mass is 32.1. The lowest BCUT2D eigenvalue weighted by Crippen LogP contribution is -2.23. The Kier molecular flexibility index (Phi) is 5.69. The lowest BCUT2D eigenvalue weighted by molar-refractivity contribution is 0.269. The van der Waals surface area contributed by atoms with Crippen LogP contribution in [0.25, 0.3) is 53.8 Å². The number of anilines is 1. The smallest absolute Gasteiger partial charge is 0.202 e. The molecule has 2 aromatic heterocycles. The molecule has 3 aliphatic rings. The fourth-order valence-corrected chi connectivity index (χ4v) is 9.22. The average molecular weight is 648 g/mol. The van der Waals surface area contributed by atoms with Crippen molar-refractivity contribution in [1.82, 2.24) is 4.57 Å². The summed E-state index contributed by atoms with van der Waals surface area (Å²) in [6, 6.07) is 46.1. The van der Waals surface area contributed by atoms with E-state index in [0.29, 0.717) is 0 Å². The van der Waals surface area contributed by atoms with E-state index < -0.39 is 0 Å². The molecular formula is C44H29N3OS. The molecule has 3 atom stereocenters. The summed E-state index contributed by atoms with van der Waals surface area (Å²) in [7, 11) is 0. The van der Waals surface area contributed by atoms with Crippen molar-refractivity contribution in [2.75, 3.05) is 5.32 Å². The van der Waals surface area contributed by atoms with Crippen molar-refractivity contribution in [2.24, 2.45) is 4.99 Å². The van der Waals surface area contributed by atoms with Crippen LogP contribution < -0.4 is 10.1 Å². The topological polar surface area (TPSA) is 38.5 Å². The van der Waals surface area contributed by atoms with E-state index in [0.717, 1.165) is 22.0 Å². The maximum atomic E-state index is 6.24. The van der Waals surface area contributed by atoms with Crippen LogP contribution in [0.2, 0.25) is 0 Å². The molecule has 6 aromatic carbocycles. The summed E-state index contributed by atoms with van der Waals surface area (Å²) in [5.74, 6) is 1.25. The third-order valence-electron chi connectivity index (χ3n) is 10.4. The SMILES string of the molecule is C1=CC2Oc3ccc(-c4ccc5c6c(sc5c4)NC(n4c5ccccc5c5cc7ccccc7cc54)N=C6c4ccccc4)cc3C2C=C1. The zero-order valence-corrected chi connectivity index (χ0v) is 27.2. The van der Waals surface area contributed by atoms with Crippen LogP contribution in [0.1, 0.15) is 28.9 Å². The van der Waals surface area contributed by atoms with E-state index in [9.17, 15) is 0 Å². The summed E-state index contributed by atoms with van der Waals surface area (Å²) in [5, 5.41) is 11.2. The van der Waals surface area contributed by atoms with E-state index in [2.05, 4.69) is 162 Å². The van der Waals surface area contributed by atoms with E-state index in [1.807, 2.05) is 11.3 Å². The van der Waals surface area contributed by atoms with Crippen molar-refractivity contribution in [1.29, 1.82) is 0 Å². The normalized spacial score (nSPS) is 19.1. The number of allylic oxidation sites excluding steroid dienone is 2. The third-order valence-corrected chi connectivity index (χ3v) is 11.4. The van der Waals surface area contributed by atoms with Crippen LogP contribution in [-0.4, -0.2) is 16.4 Å². The lowest BCUT2D eigenvalue weighted by Gasteiger charge is -2.26. The minimum Gasteiger partial charge on any atom is -0.485 e. The number of hydrogen-bond acceptors (Lipinski definition) is 4. The molecule has 11 rings (SSSR count). The van der Waals surface area contributed by atoms with Crippen LogP contribution in [0.5, 0.6) is 5.75 Å². The van der Waals surface area contributed by atoms with Gasteiger partial charge in [0.25, 0.3) is 0 Å². The molecule has 0 radical (unpaired) electrons. The van der Waals surface area contributed by atoms with E-state index in [4.69, 9.17) is 9.73 Å². The number of thiophene rings is 1. The molecule has 0 fully saturated rings.